The number of alkyl halides is 10. The standard InChI is InChI=1S/C4HF10NO3S2/c5-1(6,7)3(11,12)19(16)15-20(17,18)4(13,14)2(8,9)10/h15H. The van der Waals surface area contributed by atoms with Crippen molar-refractivity contribution in [3.63, 3.8) is 0 Å². The van der Waals surface area contributed by atoms with Crippen molar-refractivity contribution in [2.24, 2.45) is 0 Å². The van der Waals surface area contributed by atoms with Crippen molar-refractivity contribution in [3.8, 4) is 0 Å². The van der Waals surface area contributed by atoms with Crippen LogP contribution < -0.4 is 4.13 Å². The van der Waals surface area contributed by atoms with Crippen LogP contribution in [0.3, 0.4) is 0 Å². The fourth-order valence-electron chi connectivity index (χ4n) is 0.462. The average Bonchev–Trinajstić information content (AvgIpc) is 2.12. The first-order valence-electron chi connectivity index (χ1n) is 3.71. The number of hydrogen-bond donors (Lipinski definition) is 1. The average molecular weight is 365 g/mol. The first-order valence-corrected chi connectivity index (χ1v) is 6.34. The summed E-state index contributed by atoms with van der Waals surface area (Å²) in [5, 5.41) is -13.1. The predicted octanol–water partition coefficient (Wildman–Crippen LogP) is 1.88. The van der Waals surface area contributed by atoms with Gasteiger partial charge in [0.2, 0.25) is 0 Å². The van der Waals surface area contributed by atoms with Crippen LogP contribution in [-0.4, -0.2) is 35.5 Å². The van der Waals surface area contributed by atoms with Gasteiger partial charge in [0.05, 0.1) is 0 Å². The molecule has 0 aromatic heterocycles. The fraction of sp³-hybridized carbons (Fsp3) is 1.00. The number of halogens is 10. The lowest BCUT2D eigenvalue weighted by molar-refractivity contribution is -0.242. The Balaban J connectivity index is 5.51. The van der Waals surface area contributed by atoms with Gasteiger partial charge in [-0.05, 0) is 0 Å². The molecule has 0 radical (unpaired) electrons. The number of hydrogen-bond acceptors (Lipinski definition) is 3. The monoisotopic (exact) mass is 365 g/mol. The Kier molecular flexibility index (Phi) is 4.81. The van der Waals surface area contributed by atoms with Gasteiger partial charge in [-0.1, -0.05) is 0 Å². The molecule has 0 amide bonds. The first-order chi connectivity index (χ1) is 8.38. The largest absolute Gasteiger partial charge is 0.471 e. The molecule has 122 valence electrons. The molecule has 0 aliphatic carbocycles. The molecule has 1 unspecified atom stereocenters. The lowest BCUT2D eigenvalue weighted by atomic mass is 10.7. The third kappa shape index (κ3) is 3.33. The van der Waals surface area contributed by atoms with Gasteiger partial charge in [0.25, 0.3) is 10.0 Å². The normalized spacial score (nSPS) is 17.1. The minimum absolute atomic E-state index is 0.546. The molecule has 0 bridgehead atoms. The van der Waals surface area contributed by atoms with E-state index >= 15 is 0 Å². The highest BCUT2D eigenvalue weighted by atomic mass is 32.3. The van der Waals surface area contributed by atoms with Crippen molar-refractivity contribution in [2.45, 2.75) is 22.9 Å². The van der Waals surface area contributed by atoms with Crippen LogP contribution >= 0.6 is 0 Å². The van der Waals surface area contributed by atoms with Crippen molar-refractivity contribution in [1.29, 1.82) is 0 Å². The zero-order valence-corrected chi connectivity index (χ0v) is 9.95. The summed E-state index contributed by atoms with van der Waals surface area (Å²) in [6.45, 7) is 0. The molecule has 0 heterocycles. The molecule has 0 fully saturated rings. The molecule has 1 atom stereocenters. The molecular formula is C4HF10NO3S2. The minimum Gasteiger partial charge on any atom is -0.235 e. The highest BCUT2D eigenvalue weighted by molar-refractivity contribution is 8.02. The number of nitrogens with one attached hydrogen (secondary N) is 1. The van der Waals surface area contributed by atoms with Crippen LogP contribution in [0.5, 0.6) is 0 Å². The Bertz CT molecular complexity index is 490. The second kappa shape index (κ2) is 4.97. The fourth-order valence-corrected chi connectivity index (χ4v) is 2.61. The zero-order chi connectivity index (χ0) is 16.8. The van der Waals surface area contributed by atoms with Crippen LogP contribution in [0, 0.1) is 0 Å². The van der Waals surface area contributed by atoms with Gasteiger partial charge in [-0.15, -0.1) is 4.13 Å². The molecule has 0 saturated carbocycles. The summed E-state index contributed by atoms with van der Waals surface area (Å²) in [5.74, 6) is 0. The minimum atomic E-state index is -7.15. The van der Waals surface area contributed by atoms with Gasteiger partial charge in [-0.3, -0.25) is 0 Å². The van der Waals surface area contributed by atoms with Crippen molar-refractivity contribution >= 4 is 21.0 Å². The Morgan fingerprint density at radius 2 is 1.10 bits per heavy atom. The third-order valence-electron chi connectivity index (χ3n) is 1.42. The first kappa shape index (κ1) is 19.4. The SMILES string of the molecule is O=S(NS(=O)(=O)C(F)(F)C(F)(F)F)C(F)(F)C(F)(F)F. The van der Waals surface area contributed by atoms with E-state index in [0.717, 1.165) is 0 Å². The predicted molar refractivity (Wildman–Crippen MR) is 42.2 cm³/mol. The van der Waals surface area contributed by atoms with E-state index < -0.39 is 48.0 Å². The maximum atomic E-state index is 12.3. The van der Waals surface area contributed by atoms with Gasteiger partial charge in [0, 0.05) is 0 Å². The summed E-state index contributed by atoms with van der Waals surface area (Å²) in [4.78, 5) is 0. The second-order valence-corrected chi connectivity index (χ2v) is 6.12. The quantitative estimate of drug-likeness (QED) is 0.774. The summed E-state index contributed by atoms with van der Waals surface area (Å²) in [6.07, 6.45) is -13.5. The van der Waals surface area contributed by atoms with E-state index in [0.29, 0.717) is 0 Å². The molecule has 0 aliphatic rings. The van der Waals surface area contributed by atoms with E-state index in [2.05, 4.69) is 0 Å². The summed E-state index contributed by atoms with van der Waals surface area (Å²) in [6, 6.07) is 0. The Morgan fingerprint density at radius 3 is 1.35 bits per heavy atom. The molecule has 0 aromatic carbocycles. The smallest absolute Gasteiger partial charge is 0.235 e. The van der Waals surface area contributed by atoms with E-state index in [9.17, 15) is 56.5 Å². The van der Waals surface area contributed by atoms with E-state index in [1.807, 2.05) is 0 Å². The molecule has 0 rings (SSSR count). The molecule has 0 spiro atoms. The van der Waals surface area contributed by atoms with Crippen molar-refractivity contribution in [1.82, 2.24) is 4.13 Å². The maximum absolute atomic E-state index is 12.3. The molecule has 0 aromatic rings. The molecule has 16 heteroatoms. The van der Waals surface area contributed by atoms with Gasteiger partial charge in [0.15, 0.2) is 11.0 Å². The maximum Gasteiger partial charge on any atom is 0.471 e. The molecular weight excluding hydrogens is 364 g/mol. The lowest BCUT2D eigenvalue weighted by Gasteiger charge is -2.22. The summed E-state index contributed by atoms with van der Waals surface area (Å²) < 4.78 is 149. The second-order valence-electron chi connectivity index (χ2n) is 2.88. The van der Waals surface area contributed by atoms with Crippen molar-refractivity contribution < 1.29 is 56.5 Å². The Morgan fingerprint density at radius 1 is 0.750 bits per heavy atom. The van der Waals surface area contributed by atoms with Crippen LogP contribution in [0.4, 0.5) is 43.9 Å². The van der Waals surface area contributed by atoms with Gasteiger partial charge in [0.1, 0.15) is 0 Å². The topological polar surface area (TPSA) is 63.2 Å². The Labute approximate surface area is 105 Å². The zero-order valence-electron chi connectivity index (χ0n) is 8.32. The summed E-state index contributed by atoms with van der Waals surface area (Å²) >= 11 is 0. The van der Waals surface area contributed by atoms with Crippen molar-refractivity contribution in [3.05, 3.63) is 0 Å². The molecule has 20 heavy (non-hydrogen) atoms. The molecule has 4 nitrogen and oxygen atoms in total. The highest BCUT2D eigenvalue weighted by Gasteiger charge is 2.70. The van der Waals surface area contributed by atoms with Gasteiger partial charge >= 0.3 is 22.9 Å². The molecule has 1 N–H and O–H groups in total. The molecule has 0 aliphatic heterocycles. The number of rotatable bonds is 4. The van der Waals surface area contributed by atoms with Crippen molar-refractivity contribution in [2.75, 3.05) is 0 Å². The van der Waals surface area contributed by atoms with Crippen LogP contribution in [0.15, 0.2) is 0 Å². The highest BCUT2D eigenvalue weighted by Crippen LogP contribution is 2.41. The summed E-state index contributed by atoms with van der Waals surface area (Å²) in [5.41, 5.74) is 0. The Hall–Kier alpha value is -0.640. The van der Waals surface area contributed by atoms with Crippen LogP contribution in [0.25, 0.3) is 0 Å². The summed E-state index contributed by atoms with van der Waals surface area (Å²) in [7, 11) is -12.3. The van der Waals surface area contributed by atoms with Gasteiger partial charge < -0.3 is 0 Å². The third-order valence-corrected chi connectivity index (χ3v) is 4.50. The van der Waals surface area contributed by atoms with Crippen LogP contribution in [-0.2, 0) is 21.0 Å². The van der Waals surface area contributed by atoms with E-state index in [1.165, 1.54) is 0 Å². The van der Waals surface area contributed by atoms with Gasteiger partial charge in [-0.25, -0.2) is 12.6 Å². The van der Waals surface area contributed by atoms with E-state index in [1.54, 1.807) is 0 Å². The molecule has 0 saturated heterocycles. The van der Waals surface area contributed by atoms with Crippen LogP contribution in [0.2, 0.25) is 0 Å². The number of sulfonamides is 1. The van der Waals surface area contributed by atoms with E-state index in [4.69, 9.17) is 0 Å². The van der Waals surface area contributed by atoms with Crippen LogP contribution in [0.1, 0.15) is 0 Å². The lowest BCUT2D eigenvalue weighted by Crippen LogP contribution is -2.54. The van der Waals surface area contributed by atoms with Gasteiger partial charge in [-0.2, -0.15) is 43.9 Å². The van der Waals surface area contributed by atoms with E-state index in [-0.39, 0.29) is 0 Å².